The predicted molar refractivity (Wildman–Crippen MR) is 157 cm³/mol. The highest BCUT2D eigenvalue weighted by Crippen LogP contribution is 2.70. The molecule has 4 N–H and O–H groups in total. The summed E-state index contributed by atoms with van der Waals surface area (Å²) in [7, 11) is 1.59. The van der Waals surface area contributed by atoms with Crippen molar-refractivity contribution in [1.29, 1.82) is 0 Å². The van der Waals surface area contributed by atoms with Gasteiger partial charge in [0.05, 0.1) is 29.5 Å². The molecule has 0 amide bonds. The topological polar surface area (TPSA) is 147 Å². The van der Waals surface area contributed by atoms with Crippen LogP contribution < -0.4 is 0 Å². The van der Waals surface area contributed by atoms with Gasteiger partial charge in [-0.05, 0) is 88.0 Å². The van der Waals surface area contributed by atoms with Crippen LogP contribution in [0.4, 0.5) is 0 Å². The maximum absolute atomic E-state index is 12.6. The number of aliphatic hydroxyl groups is 4. The van der Waals surface area contributed by atoms with Crippen molar-refractivity contribution in [2.24, 2.45) is 33.6 Å². The van der Waals surface area contributed by atoms with Crippen LogP contribution in [0.2, 0.25) is 0 Å². The molecule has 2 heterocycles. The van der Waals surface area contributed by atoms with Gasteiger partial charge in [0.15, 0.2) is 6.29 Å². The second kappa shape index (κ2) is 11.8. The van der Waals surface area contributed by atoms with Crippen LogP contribution in [0.15, 0.2) is 16.6 Å². The summed E-state index contributed by atoms with van der Waals surface area (Å²) in [6, 6.07) is 0. The number of carbonyl (C=O) groups excluding carboxylic acids is 1. The number of cyclic esters (lactones) is 1. The molecule has 1 saturated heterocycles. The van der Waals surface area contributed by atoms with E-state index in [1.165, 1.54) is 0 Å². The van der Waals surface area contributed by atoms with Crippen LogP contribution >= 0.6 is 0 Å². The molecule has 2 aliphatic heterocycles. The Morgan fingerprint density at radius 1 is 1.12 bits per heavy atom. The van der Waals surface area contributed by atoms with E-state index in [0.29, 0.717) is 58.1 Å². The lowest BCUT2D eigenvalue weighted by Crippen LogP contribution is -2.69. The van der Waals surface area contributed by atoms with Crippen molar-refractivity contribution in [2.75, 3.05) is 26.9 Å². The molecule has 242 valence electrons. The summed E-state index contributed by atoms with van der Waals surface area (Å²) >= 11 is 0. The fourth-order valence-electron chi connectivity index (χ4n) is 10.4. The molecule has 0 radical (unpaired) electrons. The Balaban J connectivity index is 1.26. The van der Waals surface area contributed by atoms with Gasteiger partial charge in [0.25, 0.3) is 0 Å². The van der Waals surface area contributed by atoms with Crippen LogP contribution in [0, 0.1) is 28.6 Å². The molecule has 4 aliphatic carbocycles. The standard InChI is InChI=1S/C33H51NO9/c1-20-29(37)26(40-3)16-28(42-20)43-22-5-10-31(19-34-13-4-14-35)24-6-9-30(2)23(21-15-27(36)41-18-21)8-12-33(30,39)25(24)7-11-32(31,38)17-22/h15,19-20,22-26,28-29,35,37-39H,4-14,16-18H2,1-3H3/t20-,22+,23-,24-,25+,26+,28-,29-,30+,31-,32-,33-/m0/s1. The van der Waals surface area contributed by atoms with E-state index < -0.39 is 35.1 Å². The first-order chi connectivity index (χ1) is 20.5. The number of esters is 1. The molecule has 6 rings (SSSR count). The van der Waals surface area contributed by atoms with E-state index in [2.05, 4.69) is 6.92 Å². The smallest absolute Gasteiger partial charge is 0.331 e. The van der Waals surface area contributed by atoms with E-state index in [9.17, 15) is 25.2 Å². The summed E-state index contributed by atoms with van der Waals surface area (Å²) in [4.78, 5) is 16.7. The molecule has 10 nitrogen and oxygen atoms in total. The second-order valence-electron chi connectivity index (χ2n) is 14.5. The van der Waals surface area contributed by atoms with E-state index >= 15 is 0 Å². The first-order valence-electron chi connectivity index (χ1n) is 16.5. The van der Waals surface area contributed by atoms with Crippen molar-refractivity contribution in [2.45, 2.75) is 126 Å². The first-order valence-corrected chi connectivity index (χ1v) is 16.5. The van der Waals surface area contributed by atoms with Gasteiger partial charge in [0.2, 0.25) is 0 Å². The van der Waals surface area contributed by atoms with E-state index in [0.717, 1.165) is 31.3 Å². The Kier molecular flexibility index (Phi) is 8.63. The number of hydrogen-bond acceptors (Lipinski definition) is 10. The summed E-state index contributed by atoms with van der Waals surface area (Å²) in [6.45, 7) is 4.90. The SMILES string of the molecule is CO[C@@H]1C[C@H](O[C@@H]2CC[C@]3(C=NCCCO)[C@H]4CC[C@]5(C)[C@H](C6=CC(=O)OC6)CC[C@]5(O)[C@@H]4CC[C@]3(O)C2)O[C@@H](C)[C@@H]1O. The summed E-state index contributed by atoms with van der Waals surface area (Å²) in [5.41, 5.74) is -1.93. The van der Waals surface area contributed by atoms with Crippen molar-refractivity contribution < 1.29 is 44.2 Å². The van der Waals surface area contributed by atoms with Crippen LogP contribution in [-0.4, -0.2) is 101 Å². The molecule has 12 atom stereocenters. The van der Waals surface area contributed by atoms with Crippen LogP contribution in [0.3, 0.4) is 0 Å². The van der Waals surface area contributed by atoms with Crippen LogP contribution in [0.5, 0.6) is 0 Å². The van der Waals surface area contributed by atoms with Gasteiger partial charge in [0.1, 0.15) is 12.7 Å². The maximum atomic E-state index is 12.6. The normalized spacial score (nSPS) is 49.7. The van der Waals surface area contributed by atoms with Gasteiger partial charge in [-0.3, -0.25) is 4.99 Å². The minimum Gasteiger partial charge on any atom is -0.458 e. The molecule has 0 aromatic heterocycles. The Bertz CT molecular complexity index is 1110. The number of aliphatic imine (C=N–C) groups is 1. The van der Waals surface area contributed by atoms with Crippen molar-refractivity contribution in [3.05, 3.63) is 11.6 Å². The number of rotatable bonds is 8. The molecule has 5 fully saturated rings. The zero-order valence-corrected chi connectivity index (χ0v) is 26.0. The van der Waals surface area contributed by atoms with Crippen molar-refractivity contribution >= 4 is 12.2 Å². The fourth-order valence-corrected chi connectivity index (χ4v) is 10.4. The van der Waals surface area contributed by atoms with Crippen LogP contribution in [-0.2, 0) is 23.7 Å². The zero-order chi connectivity index (χ0) is 30.6. The largest absolute Gasteiger partial charge is 0.458 e. The molecule has 0 unspecified atom stereocenters. The summed E-state index contributed by atoms with van der Waals surface area (Å²) < 4.78 is 23.2. The molecule has 0 bridgehead atoms. The van der Waals surface area contributed by atoms with E-state index in [1.54, 1.807) is 13.2 Å². The Morgan fingerprint density at radius 3 is 2.63 bits per heavy atom. The van der Waals surface area contributed by atoms with Crippen LogP contribution in [0.25, 0.3) is 0 Å². The number of nitrogens with zero attached hydrogens (tertiary/aromatic N) is 1. The molecular formula is C33H51NO9. The maximum Gasteiger partial charge on any atom is 0.331 e. The monoisotopic (exact) mass is 605 g/mol. The average Bonchev–Trinajstić information content (AvgIpc) is 3.52. The Labute approximate surface area is 254 Å². The van der Waals surface area contributed by atoms with Crippen molar-refractivity contribution in [3.8, 4) is 0 Å². The Hall–Kier alpha value is -1.40. The molecule has 0 aromatic carbocycles. The minimum absolute atomic E-state index is 0.00313. The van der Waals surface area contributed by atoms with Crippen molar-refractivity contribution in [3.63, 3.8) is 0 Å². The lowest BCUT2D eigenvalue weighted by molar-refractivity contribution is -0.284. The number of carbonyl (C=O) groups is 1. The van der Waals surface area contributed by atoms with E-state index in [-0.39, 0.29) is 48.0 Å². The van der Waals surface area contributed by atoms with Gasteiger partial charge in [0, 0.05) is 56.2 Å². The predicted octanol–water partition coefficient (Wildman–Crippen LogP) is 2.69. The number of hydrogen-bond donors (Lipinski definition) is 4. The minimum atomic E-state index is -1.06. The molecule has 43 heavy (non-hydrogen) atoms. The van der Waals surface area contributed by atoms with Gasteiger partial charge in [-0.15, -0.1) is 0 Å². The zero-order valence-electron chi connectivity index (χ0n) is 26.0. The summed E-state index contributed by atoms with van der Waals surface area (Å²) in [5, 5.41) is 45.0. The van der Waals surface area contributed by atoms with Gasteiger partial charge in [-0.1, -0.05) is 6.92 Å². The molecule has 10 heteroatoms. The lowest BCUT2D eigenvalue weighted by atomic mass is 9.41. The quantitative estimate of drug-likeness (QED) is 0.142. The lowest BCUT2D eigenvalue weighted by Gasteiger charge is -2.66. The third kappa shape index (κ3) is 5.04. The Morgan fingerprint density at radius 2 is 1.91 bits per heavy atom. The molecule has 0 spiro atoms. The fraction of sp³-hybridized carbons (Fsp3) is 0.879. The number of fused-ring (bicyclic) bond motifs is 5. The van der Waals surface area contributed by atoms with Crippen LogP contribution in [0.1, 0.15) is 84.5 Å². The molecule has 4 saturated carbocycles. The second-order valence-corrected chi connectivity index (χ2v) is 14.5. The van der Waals surface area contributed by atoms with Gasteiger partial charge in [-0.25, -0.2) is 4.79 Å². The third-order valence-corrected chi connectivity index (χ3v) is 12.7. The summed E-state index contributed by atoms with van der Waals surface area (Å²) in [6.07, 6.45) is 8.64. The first kappa shape index (κ1) is 31.6. The molecule has 6 aliphatic rings. The highest BCUT2D eigenvalue weighted by Gasteiger charge is 2.71. The number of ether oxygens (including phenoxy) is 4. The van der Waals surface area contributed by atoms with E-state index in [4.69, 9.17) is 23.9 Å². The van der Waals surface area contributed by atoms with Gasteiger partial charge >= 0.3 is 5.97 Å². The number of aliphatic hydroxyl groups excluding tert-OH is 2. The summed E-state index contributed by atoms with van der Waals surface area (Å²) in [5.74, 6) is -0.125. The third-order valence-electron chi connectivity index (χ3n) is 12.7. The highest BCUT2D eigenvalue weighted by molar-refractivity contribution is 5.85. The molecular weight excluding hydrogens is 554 g/mol. The average molecular weight is 606 g/mol. The van der Waals surface area contributed by atoms with E-state index in [1.807, 2.05) is 13.1 Å². The molecule has 0 aromatic rings. The van der Waals surface area contributed by atoms with Gasteiger partial charge in [-0.2, -0.15) is 0 Å². The highest BCUT2D eigenvalue weighted by atomic mass is 16.7. The van der Waals surface area contributed by atoms with Gasteiger partial charge < -0.3 is 39.4 Å². The van der Waals surface area contributed by atoms with Crippen molar-refractivity contribution in [1.82, 2.24) is 0 Å². The number of methoxy groups -OCH3 is 1.